The third kappa shape index (κ3) is 4.28. The molecule has 0 atom stereocenters. The Labute approximate surface area is 132 Å². The number of carbonyl (C=O) groups is 1. The van der Waals surface area contributed by atoms with Crippen molar-refractivity contribution in [1.82, 2.24) is 5.43 Å². The van der Waals surface area contributed by atoms with Crippen LogP contribution in [0, 0.1) is 20.2 Å². The Bertz CT molecular complexity index is 643. The van der Waals surface area contributed by atoms with E-state index in [1.54, 1.807) is 0 Å². The van der Waals surface area contributed by atoms with Crippen molar-refractivity contribution in [2.24, 2.45) is 0 Å². The number of carbonyl (C=O) groups excluding carboxylic acids is 1. The number of esters is 1. The average molecular weight is 352 g/mol. The Morgan fingerprint density at radius 2 is 1.71 bits per heavy atom. The summed E-state index contributed by atoms with van der Waals surface area (Å²) >= 11 is 0. The van der Waals surface area contributed by atoms with E-state index in [0.29, 0.717) is 5.01 Å². The monoisotopic (exact) mass is 352 g/mol. The van der Waals surface area contributed by atoms with Gasteiger partial charge < -0.3 is 4.74 Å². The maximum atomic E-state index is 12.8. The van der Waals surface area contributed by atoms with Crippen molar-refractivity contribution in [3.8, 4) is 0 Å². The van der Waals surface area contributed by atoms with Gasteiger partial charge in [-0.25, -0.2) is 5.43 Å². The van der Waals surface area contributed by atoms with Crippen LogP contribution in [-0.2, 0) is 15.7 Å². The van der Waals surface area contributed by atoms with E-state index < -0.39 is 51.2 Å². The number of rotatable bonds is 6. The van der Waals surface area contributed by atoms with E-state index in [4.69, 9.17) is 0 Å². The first-order valence-corrected chi connectivity index (χ1v) is 6.07. The summed E-state index contributed by atoms with van der Waals surface area (Å²) in [5, 5.41) is 22.8. The summed E-state index contributed by atoms with van der Waals surface area (Å²) in [6.45, 7) is -0.512. The van der Waals surface area contributed by atoms with Crippen molar-refractivity contribution in [2.45, 2.75) is 6.18 Å². The summed E-state index contributed by atoms with van der Waals surface area (Å²) in [6, 6.07) is 0.358. The lowest BCUT2D eigenvalue weighted by Crippen LogP contribution is -2.39. The number of nitro groups is 2. The van der Waals surface area contributed by atoms with Crippen LogP contribution in [0.4, 0.5) is 30.2 Å². The first-order valence-electron chi connectivity index (χ1n) is 6.07. The van der Waals surface area contributed by atoms with Crippen molar-refractivity contribution in [2.75, 3.05) is 25.7 Å². The molecule has 0 saturated carbocycles. The van der Waals surface area contributed by atoms with E-state index in [9.17, 15) is 38.2 Å². The maximum Gasteiger partial charge on any atom is 0.416 e. The average Bonchev–Trinajstić information content (AvgIpc) is 2.49. The number of benzene rings is 1. The lowest BCUT2D eigenvalue weighted by Gasteiger charge is -2.20. The third-order valence-corrected chi connectivity index (χ3v) is 2.81. The highest BCUT2D eigenvalue weighted by Gasteiger charge is 2.38. The van der Waals surface area contributed by atoms with Crippen molar-refractivity contribution in [3.63, 3.8) is 0 Å². The molecule has 0 fully saturated rings. The number of hydrogen-bond acceptors (Lipinski definition) is 8. The predicted octanol–water partition coefficient (Wildman–Crippen LogP) is 1.64. The summed E-state index contributed by atoms with van der Waals surface area (Å²) in [5.74, 6) is -0.793. The van der Waals surface area contributed by atoms with Gasteiger partial charge in [0.15, 0.2) is 0 Å². The predicted molar refractivity (Wildman–Crippen MR) is 73.2 cm³/mol. The molecule has 1 aromatic rings. The molecule has 0 bridgehead atoms. The fraction of sp³-hybridized carbons (Fsp3) is 0.364. The van der Waals surface area contributed by atoms with Gasteiger partial charge in [-0.05, 0) is 0 Å². The standard InChI is InChI=1S/C11H11F3N4O6/c1-16(15-5-9(19)24-2)10-7(17(20)21)3-6(11(12,13)14)4-8(10)18(22)23/h3-4,15H,5H2,1-2H3. The number of nitrogens with one attached hydrogen (secondary N) is 1. The van der Waals surface area contributed by atoms with Crippen LogP contribution >= 0.6 is 0 Å². The van der Waals surface area contributed by atoms with Gasteiger partial charge in [-0.1, -0.05) is 0 Å². The molecular weight excluding hydrogens is 341 g/mol. The second-order valence-electron chi connectivity index (χ2n) is 4.35. The fourth-order valence-corrected chi connectivity index (χ4v) is 1.72. The van der Waals surface area contributed by atoms with Crippen molar-refractivity contribution in [1.29, 1.82) is 0 Å². The van der Waals surface area contributed by atoms with E-state index in [0.717, 1.165) is 14.2 Å². The second-order valence-corrected chi connectivity index (χ2v) is 4.35. The molecule has 13 heteroatoms. The Balaban J connectivity index is 3.48. The minimum Gasteiger partial charge on any atom is -0.468 e. The molecule has 0 aliphatic heterocycles. The minimum absolute atomic E-state index is 0.179. The van der Waals surface area contributed by atoms with Crippen molar-refractivity contribution < 1.29 is 32.5 Å². The molecule has 0 radical (unpaired) electrons. The SMILES string of the molecule is COC(=O)CNN(C)c1c([N+](=O)[O-])cc(C(F)(F)F)cc1[N+](=O)[O-]. The molecule has 1 N–H and O–H groups in total. The van der Waals surface area contributed by atoms with Crippen LogP contribution in [0.25, 0.3) is 0 Å². The summed E-state index contributed by atoms with van der Waals surface area (Å²) in [6.07, 6.45) is -5.01. The first kappa shape index (κ1) is 19.1. The number of methoxy groups -OCH3 is 1. The molecule has 0 aliphatic rings. The lowest BCUT2D eigenvalue weighted by molar-refractivity contribution is -0.393. The van der Waals surface area contributed by atoms with Crippen LogP contribution in [0.1, 0.15) is 5.56 Å². The molecular formula is C11H11F3N4O6. The highest BCUT2D eigenvalue weighted by molar-refractivity contribution is 5.77. The number of halogens is 3. The summed E-state index contributed by atoms with van der Waals surface area (Å²) in [5.41, 5.74) is -2.29. The number of hydrazine groups is 1. The highest BCUT2D eigenvalue weighted by atomic mass is 19.4. The number of nitrogens with zero attached hydrogens (tertiary/aromatic N) is 3. The van der Waals surface area contributed by atoms with Crippen LogP contribution in [0.2, 0.25) is 0 Å². The zero-order valence-electron chi connectivity index (χ0n) is 12.3. The summed E-state index contributed by atoms with van der Waals surface area (Å²) in [4.78, 5) is 30.8. The van der Waals surface area contributed by atoms with Gasteiger partial charge in [0, 0.05) is 19.2 Å². The molecule has 0 spiro atoms. The molecule has 0 heterocycles. The molecule has 0 amide bonds. The molecule has 0 unspecified atom stereocenters. The van der Waals surface area contributed by atoms with Gasteiger partial charge in [-0.2, -0.15) is 13.2 Å². The number of anilines is 1. The number of alkyl halides is 3. The summed E-state index contributed by atoms with van der Waals surface area (Å²) in [7, 11) is 2.14. The minimum atomic E-state index is -5.01. The smallest absolute Gasteiger partial charge is 0.416 e. The third-order valence-electron chi connectivity index (χ3n) is 2.81. The summed E-state index contributed by atoms with van der Waals surface area (Å²) < 4.78 is 42.6. The lowest BCUT2D eigenvalue weighted by atomic mass is 10.1. The second kappa shape index (κ2) is 7.08. The van der Waals surface area contributed by atoms with Gasteiger partial charge >= 0.3 is 23.5 Å². The van der Waals surface area contributed by atoms with Gasteiger partial charge in [0.05, 0.1) is 22.5 Å². The van der Waals surface area contributed by atoms with E-state index in [1.807, 2.05) is 0 Å². The van der Waals surface area contributed by atoms with E-state index in [-0.39, 0.29) is 12.1 Å². The Morgan fingerprint density at radius 1 is 1.25 bits per heavy atom. The van der Waals surface area contributed by atoms with E-state index in [2.05, 4.69) is 10.2 Å². The van der Waals surface area contributed by atoms with Gasteiger partial charge in [-0.15, -0.1) is 0 Å². The topological polar surface area (TPSA) is 128 Å². The van der Waals surface area contributed by atoms with Crippen molar-refractivity contribution >= 4 is 23.0 Å². The van der Waals surface area contributed by atoms with Crippen LogP contribution in [0.5, 0.6) is 0 Å². The van der Waals surface area contributed by atoms with Gasteiger partial charge in [0.1, 0.15) is 6.54 Å². The molecule has 132 valence electrons. The first-order chi connectivity index (χ1) is 11.0. The normalized spacial score (nSPS) is 11.0. The van der Waals surface area contributed by atoms with Crippen LogP contribution in [0.15, 0.2) is 12.1 Å². The highest BCUT2D eigenvalue weighted by Crippen LogP contribution is 2.42. The molecule has 10 nitrogen and oxygen atoms in total. The molecule has 0 aliphatic carbocycles. The van der Waals surface area contributed by atoms with Gasteiger partial charge in [0.25, 0.3) is 0 Å². The van der Waals surface area contributed by atoms with Crippen LogP contribution < -0.4 is 10.4 Å². The number of hydrogen-bond donors (Lipinski definition) is 1. The van der Waals surface area contributed by atoms with Gasteiger partial charge in [0.2, 0.25) is 5.69 Å². The van der Waals surface area contributed by atoms with Gasteiger partial charge in [-0.3, -0.25) is 30.0 Å². The van der Waals surface area contributed by atoms with Crippen LogP contribution in [-0.4, -0.2) is 36.5 Å². The Hall–Kier alpha value is -2.96. The zero-order chi connectivity index (χ0) is 18.7. The number of nitro benzene ring substituents is 2. The van der Waals surface area contributed by atoms with E-state index in [1.165, 1.54) is 0 Å². The Kier molecular flexibility index (Phi) is 5.63. The quantitative estimate of drug-likeness (QED) is 0.465. The maximum absolute atomic E-state index is 12.8. The van der Waals surface area contributed by atoms with Crippen LogP contribution in [0.3, 0.4) is 0 Å². The van der Waals surface area contributed by atoms with E-state index >= 15 is 0 Å². The molecule has 1 rings (SSSR count). The number of ether oxygens (including phenoxy) is 1. The molecule has 24 heavy (non-hydrogen) atoms. The molecule has 1 aromatic carbocycles. The molecule has 0 aromatic heterocycles. The largest absolute Gasteiger partial charge is 0.468 e. The fourth-order valence-electron chi connectivity index (χ4n) is 1.72. The zero-order valence-corrected chi connectivity index (χ0v) is 12.3. The van der Waals surface area contributed by atoms with Crippen molar-refractivity contribution in [3.05, 3.63) is 37.9 Å². The Morgan fingerprint density at radius 3 is 2.04 bits per heavy atom. The molecule has 0 saturated heterocycles.